The smallest absolute Gasteiger partial charge is 0.170 e. The van der Waals surface area contributed by atoms with Crippen LogP contribution < -0.4 is 5.73 Å². The van der Waals surface area contributed by atoms with Gasteiger partial charge in [-0.15, -0.1) is 0 Å². The zero-order valence-corrected chi connectivity index (χ0v) is 8.36. The largest absolute Gasteiger partial charge is 0.476 e. The molecule has 0 rings (SSSR count). The van der Waals surface area contributed by atoms with Gasteiger partial charge in [0.05, 0.1) is 0 Å². The Labute approximate surface area is 80.0 Å². The van der Waals surface area contributed by atoms with Gasteiger partial charge in [-0.25, -0.2) is 0 Å². The molecule has 0 fully saturated rings. The predicted octanol–water partition coefficient (Wildman–Crippen LogP) is 1.86. The molecular formula is C10H18N2O. The summed E-state index contributed by atoms with van der Waals surface area (Å²) in [7, 11) is 1.66. The molecule has 0 amide bonds. The first-order valence-corrected chi connectivity index (χ1v) is 4.37. The van der Waals surface area contributed by atoms with Crippen molar-refractivity contribution in [2.45, 2.75) is 25.9 Å². The standard InChI is InChI=1S/C10H18N2O/c1-4-9(11)6-7-10(5-2)13-8-12-3/h5-6,8,10H,2,4,7,11H2,1,3H3/b9-6+,12-8?. The van der Waals surface area contributed by atoms with Gasteiger partial charge in [-0.3, -0.25) is 4.99 Å². The second-order valence-electron chi connectivity index (χ2n) is 2.64. The average molecular weight is 182 g/mol. The summed E-state index contributed by atoms with van der Waals surface area (Å²) in [6.45, 7) is 5.68. The van der Waals surface area contributed by atoms with Gasteiger partial charge < -0.3 is 10.5 Å². The zero-order chi connectivity index (χ0) is 10.1. The van der Waals surface area contributed by atoms with Crippen molar-refractivity contribution in [3.63, 3.8) is 0 Å². The summed E-state index contributed by atoms with van der Waals surface area (Å²) in [6, 6.07) is 0. The number of nitrogens with two attached hydrogens (primary N) is 1. The third kappa shape index (κ3) is 5.96. The Hall–Kier alpha value is -1.25. The molecule has 0 saturated carbocycles. The van der Waals surface area contributed by atoms with Crippen LogP contribution in [0, 0.1) is 0 Å². The number of allylic oxidation sites excluding steroid dienone is 1. The molecule has 0 bridgehead atoms. The van der Waals surface area contributed by atoms with Gasteiger partial charge in [0.2, 0.25) is 0 Å². The average Bonchev–Trinajstić information content (AvgIpc) is 2.17. The van der Waals surface area contributed by atoms with E-state index in [1.165, 1.54) is 6.40 Å². The highest BCUT2D eigenvalue weighted by atomic mass is 16.5. The molecule has 0 saturated heterocycles. The maximum Gasteiger partial charge on any atom is 0.170 e. The Morgan fingerprint density at radius 2 is 2.38 bits per heavy atom. The van der Waals surface area contributed by atoms with Gasteiger partial charge in [0.15, 0.2) is 6.40 Å². The van der Waals surface area contributed by atoms with Crippen molar-refractivity contribution in [3.8, 4) is 0 Å². The fraction of sp³-hybridized carbons (Fsp3) is 0.500. The van der Waals surface area contributed by atoms with Crippen molar-refractivity contribution in [1.82, 2.24) is 0 Å². The van der Waals surface area contributed by atoms with Crippen molar-refractivity contribution in [3.05, 3.63) is 24.4 Å². The Balaban J connectivity index is 3.91. The van der Waals surface area contributed by atoms with E-state index < -0.39 is 0 Å². The molecule has 3 nitrogen and oxygen atoms in total. The molecule has 1 atom stereocenters. The van der Waals surface area contributed by atoms with Crippen molar-refractivity contribution in [2.75, 3.05) is 7.05 Å². The van der Waals surface area contributed by atoms with E-state index in [-0.39, 0.29) is 6.10 Å². The van der Waals surface area contributed by atoms with Crippen LogP contribution in [0.15, 0.2) is 29.4 Å². The molecule has 74 valence electrons. The second kappa shape index (κ2) is 7.40. The Bertz CT molecular complexity index is 197. The van der Waals surface area contributed by atoms with Crippen LogP contribution in [-0.4, -0.2) is 19.6 Å². The number of nitrogens with zero attached hydrogens (tertiary/aromatic N) is 1. The topological polar surface area (TPSA) is 47.6 Å². The summed E-state index contributed by atoms with van der Waals surface area (Å²) >= 11 is 0. The summed E-state index contributed by atoms with van der Waals surface area (Å²) in [5, 5.41) is 0. The van der Waals surface area contributed by atoms with Crippen molar-refractivity contribution in [2.24, 2.45) is 10.7 Å². The minimum atomic E-state index is -0.0335. The lowest BCUT2D eigenvalue weighted by atomic mass is 10.2. The molecular weight excluding hydrogens is 164 g/mol. The van der Waals surface area contributed by atoms with Crippen LogP contribution >= 0.6 is 0 Å². The fourth-order valence-electron chi connectivity index (χ4n) is 0.758. The van der Waals surface area contributed by atoms with E-state index in [0.717, 1.165) is 18.5 Å². The Kier molecular flexibility index (Phi) is 6.69. The SMILES string of the molecule is C=CC(C/C=C(/N)CC)OC=NC. The van der Waals surface area contributed by atoms with Gasteiger partial charge >= 0.3 is 0 Å². The summed E-state index contributed by atoms with van der Waals surface area (Å²) < 4.78 is 5.23. The molecule has 0 aliphatic carbocycles. The number of aliphatic imine (C=N–C) groups is 1. The molecule has 0 spiro atoms. The van der Waals surface area contributed by atoms with Crippen LogP contribution in [0.25, 0.3) is 0 Å². The first-order valence-electron chi connectivity index (χ1n) is 4.37. The predicted molar refractivity (Wildman–Crippen MR) is 56.7 cm³/mol. The molecule has 0 aliphatic rings. The van der Waals surface area contributed by atoms with Gasteiger partial charge in [-0.05, 0) is 6.42 Å². The molecule has 0 heterocycles. The Morgan fingerprint density at radius 1 is 1.69 bits per heavy atom. The number of ether oxygens (including phenoxy) is 1. The highest BCUT2D eigenvalue weighted by Gasteiger charge is 1.99. The lowest BCUT2D eigenvalue weighted by molar-refractivity contribution is 0.252. The molecule has 3 heteroatoms. The summed E-state index contributed by atoms with van der Waals surface area (Å²) in [4.78, 5) is 3.72. The van der Waals surface area contributed by atoms with E-state index in [9.17, 15) is 0 Å². The minimum Gasteiger partial charge on any atom is -0.476 e. The maximum absolute atomic E-state index is 5.64. The van der Waals surface area contributed by atoms with E-state index in [1.54, 1.807) is 13.1 Å². The van der Waals surface area contributed by atoms with Crippen LogP contribution in [0.5, 0.6) is 0 Å². The van der Waals surface area contributed by atoms with E-state index in [2.05, 4.69) is 11.6 Å². The second-order valence-corrected chi connectivity index (χ2v) is 2.64. The lowest BCUT2D eigenvalue weighted by Crippen LogP contribution is -2.08. The van der Waals surface area contributed by atoms with Gasteiger partial charge in [0, 0.05) is 19.2 Å². The van der Waals surface area contributed by atoms with Gasteiger partial charge in [0.25, 0.3) is 0 Å². The van der Waals surface area contributed by atoms with Crippen LogP contribution in [0.2, 0.25) is 0 Å². The monoisotopic (exact) mass is 182 g/mol. The van der Waals surface area contributed by atoms with Crippen molar-refractivity contribution < 1.29 is 4.74 Å². The molecule has 1 unspecified atom stereocenters. The maximum atomic E-state index is 5.64. The molecule has 0 radical (unpaired) electrons. The van der Waals surface area contributed by atoms with Crippen molar-refractivity contribution >= 4 is 6.40 Å². The van der Waals surface area contributed by atoms with Crippen LogP contribution in [-0.2, 0) is 4.74 Å². The minimum absolute atomic E-state index is 0.0335. The molecule has 0 aliphatic heterocycles. The molecule has 13 heavy (non-hydrogen) atoms. The summed E-state index contributed by atoms with van der Waals surface area (Å²) in [5.41, 5.74) is 6.52. The number of hydrogen-bond acceptors (Lipinski definition) is 3. The van der Waals surface area contributed by atoms with E-state index in [0.29, 0.717) is 0 Å². The lowest BCUT2D eigenvalue weighted by Gasteiger charge is -2.08. The van der Waals surface area contributed by atoms with Crippen LogP contribution in [0.3, 0.4) is 0 Å². The normalized spacial score (nSPS) is 14.5. The zero-order valence-electron chi connectivity index (χ0n) is 8.36. The third-order valence-corrected chi connectivity index (χ3v) is 1.62. The summed E-state index contributed by atoms with van der Waals surface area (Å²) in [6.07, 6.45) is 6.69. The van der Waals surface area contributed by atoms with E-state index >= 15 is 0 Å². The highest BCUT2D eigenvalue weighted by molar-refractivity contribution is 5.46. The summed E-state index contributed by atoms with van der Waals surface area (Å²) in [5.74, 6) is 0. The highest BCUT2D eigenvalue weighted by Crippen LogP contribution is 2.02. The van der Waals surface area contributed by atoms with Crippen molar-refractivity contribution in [1.29, 1.82) is 0 Å². The number of hydrogen-bond donors (Lipinski definition) is 1. The fourth-order valence-corrected chi connectivity index (χ4v) is 0.758. The first kappa shape index (κ1) is 11.8. The quantitative estimate of drug-likeness (QED) is 0.387. The molecule has 0 aromatic rings. The first-order chi connectivity index (χ1) is 6.24. The van der Waals surface area contributed by atoms with E-state index in [1.807, 2.05) is 13.0 Å². The van der Waals surface area contributed by atoms with Gasteiger partial charge in [-0.2, -0.15) is 0 Å². The molecule has 2 N–H and O–H groups in total. The third-order valence-electron chi connectivity index (χ3n) is 1.62. The Morgan fingerprint density at radius 3 is 2.85 bits per heavy atom. The van der Waals surface area contributed by atoms with E-state index in [4.69, 9.17) is 10.5 Å². The molecule has 0 aromatic carbocycles. The van der Waals surface area contributed by atoms with Crippen LogP contribution in [0.1, 0.15) is 19.8 Å². The van der Waals surface area contributed by atoms with Gasteiger partial charge in [-0.1, -0.05) is 25.7 Å². The number of rotatable bonds is 6. The molecule has 0 aromatic heterocycles. The van der Waals surface area contributed by atoms with Gasteiger partial charge in [0.1, 0.15) is 6.10 Å². The van der Waals surface area contributed by atoms with Crippen LogP contribution in [0.4, 0.5) is 0 Å².